The van der Waals surface area contributed by atoms with Crippen molar-refractivity contribution in [1.82, 2.24) is 0 Å². The van der Waals surface area contributed by atoms with Crippen LogP contribution in [-0.2, 0) is 14.8 Å². The van der Waals surface area contributed by atoms with Crippen LogP contribution in [0.1, 0.15) is 0 Å². The molecule has 148 valence electrons. The number of thioether (sulfide) groups is 1. The van der Waals surface area contributed by atoms with E-state index in [4.69, 9.17) is 0 Å². The van der Waals surface area contributed by atoms with E-state index in [0.717, 1.165) is 14.9 Å². The molecule has 1 heterocycles. The van der Waals surface area contributed by atoms with Gasteiger partial charge < -0.3 is 5.32 Å². The third-order valence-corrected chi connectivity index (χ3v) is 7.65. The van der Waals surface area contributed by atoms with Gasteiger partial charge in [-0.25, -0.2) is 8.42 Å². The number of anilines is 2. The van der Waals surface area contributed by atoms with Crippen LogP contribution in [0, 0.1) is 0 Å². The maximum absolute atomic E-state index is 13.3. The number of carbonyl (C=O) groups excluding carboxylic acids is 1. The van der Waals surface area contributed by atoms with Gasteiger partial charge >= 0.3 is 0 Å². The van der Waals surface area contributed by atoms with Crippen molar-refractivity contribution in [1.29, 1.82) is 0 Å². The van der Waals surface area contributed by atoms with E-state index in [1.807, 2.05) is 30.5 Å². The van der Waals surface area contributed by atoms with Gasteiger partial charge in [0.15, 0.2) is 0 Å². The Bertz CT molecular complexity index is 1210. The molecule has 29 heavy (non-hydrogen) atoms. The standard InChI is InChI=1S/C21H17BrN2O3S2/c1-28-16-6-4-5-15(12-16)23-21(25)13-24-19-10-9-14(22)11-18(19)17-7-2-3-8-20(17)29(24,26)27/h2-12H,13H2,1H3,(H,23,25). The van der Waals surface area contributed by atoms with Crippen molar-refractivity contribution in [2.45, 2.75) is 9.79 Å². The lowest BCUT2D eigenvalue weighted by Crippen LogP contribution is -2.40. The quantitative estimate of drug-likeness (QED) is 0.525. The van der Waals surface area contributed by atoms with Crippen LogP contribution in [0.4, 0.5) is 11.4 Å². The van der Waals surface area contributed by atoms with Crippen molar-refractivity contribution in [3.63, 3.8) is 0 Å². The molecule has 0 unspecified atom stereocenters. The van der Waals surface area contributed by atoms with Crippen molar-refractivity contribution in [3.05, 3.63) is 71.2 Å². The number of halogens is 1. The summed E-state index contributed by atoms with van der Waals surface area (Å²) >= 11 is 5.02. The lowest BCUT2D eigenvalue weighted by Gasteiger charge is -2.31. The van der Waals surface area contributed by atoms with Gasteiger partial charge in [0, 0.05) is 26.2 Å². The zero-order valence-corrected chi connectivity index (χ0v) is 18.6. The fourth-order valence-corrected chi connectivity index (χ4v) is 5.78. The van der Waals surface area contributed by atoms with Crippen LogP contribution in [-0.4, -0.2) is 27.1 Å². The number of nitrogens with one attached hydrogen (secondary N) is 1. The van der Waals surface area contributed by atoms with Crippen molar-refractivity contribution in [2.75, 3.05) is 22.4 Å². The normalized spacial score (nSPS) is 14.1. The maximum atomic E-state index is 13.3. The largest absolute Gasteiger partial charge is 0.324 e. The molecule has 0 atom stereocenters. The van der Waals surface area contributed by atoms with Crippen LogP contribution < -0.4 is 9.62 Å². The highest BCUT2D eigenvalue weighted by atomic mass is 79.9. The number of amides is 1. The van der Waals surface area contributed by atoms with E-state index >= 15 is 0 Å². The second-order valence-electron chi connectivity index (χ2n) is 6.45. The molecule has 4 rings (SSSR count). The maximum Gasteiger partial charge on any atom is 0.265 e. The summed E-state index contributed by atoms with van der Waals surface area (Å²) in [6.07, 6.45) is 1.95. The molecule has 0 aliphatic carbocycles. The Morgan fingerprint density at radius 2 is 1.83 bits per heavy atom. The fraction of sp³-hybridized carbons (Fsp3) is 0.0952. The Hall–Kier alpha value is -2.29. The smallest absolute Gasteiger partial charge is 0.265 e. The van der Waals surface area contributed by atoms with Crippen LogP contribution in [0.5, 0.6) is 0 Å². The van der Waals surface area contributed by atoms with Gasteiger partial charge in [-0.15, -0.1) is 11.8 Å². The summed E-state index contributed by atoms with van der Waals surface area (Å²) in [6.45, 7) is -0.311. The van der Waals surface area contributed by atoms with E-state index in [-0.39, 0.29) is 11.4 Å². The molecule has 0 radical (unpaired) electrons. The zero-order chi connectivity index (χ0) is 20.6. The molecule has 3 aromatic carbocycles. The first-order chi connectivity index (χ1) is 13.9. The van der Waals surface area contributed by atoms with Crippen molar-refractivity contribution >= 4 is 55.0 Å². The summed E-state index contributed by atoms with van der Waals surface area (Å²) in [4.78, 5) is 13.9. The lowest BCUT2D eigenvalue weighted by molar-refractivity contribution is -0.114. The van der Waals surface area contributed by atoms with Crippen molar-refractivity contribution in [2.24, 2.45) is 0 Å². The van der Waals surface area contributed by atoms with Gasteiger partial charge in [-0.05, 0) is 48.7 Å². The highest BCUT2D eigenvalue weighted by Crippen LogP contribution is 2.43. The number of nitrogens with zero attached hydrogens (tertiary/aromatic N) is 1. The predicted octanol–water partition coefficient (Wildman–Crippen LogP) is 4.99. The molecule has 0 spiro atoms. The SMILES string of the molecule is CSc1cccc(NC(=O)CN2c3ccc(Br)cc3-c3ccccc3S2(=O)=O)c1. The average Bonchev–Trinajstić information content (AvgIpc) is 2.71. The molecule has 1 N–H and O–H groups in total. The van der Waals surface area contributed by atoms with E-state index in [1.165, 1.54) is 4.31 Å². The molecule has 1 amide bonds. The first kappa shape index (κ1) is 20.0. The van der Waals surface area contributed by atoms with Gasteiger partial charge in [0.25, 0.3) is 10.0 Å². The number of hydrogen-bond donors (Lipinski definition) is 1. The van der Waals surface area contributed by atoms with Crippen LogP contribution in [0.3, 0.4) is 0 Å². The molecule has 0 bridgehead atoms. The lowest BCUT2D eigenvalue weighted by atomic mass is 10.0. The number of fused-ring (bicyclic) bond motifs is 3. The van der Waals surface area contributed by atoms with Crippen LogP contribution >= 0.6 is 27.7 Å². The van der Waals surface area contributed by atoms with Crippen LogP contribution in [0.15, 0.2) is 81.0 Å². The van der Waals surface area contributed by atoms with E-state index in [0.29, 0.717) is 16.9 Å². The summed E-state index contributed by atoms with van der Waals surface area (Å²) in [7, 11) is -3.86. The van der Waals surface area contributed by atoms with Crippen LogP contribution in [0.25, 0.3) is 11.1 Å². The first-order valence-corrected chi connectivity index (χ1v) is 12.2. The van der Waals surface area contributed by atoms with Crippen molar-refractivity contribution in [3.8, 4) is 11.1 Å². The summed E-state index contributed by atoms with van der Waals surface area (Å²) in [5.41, 5.74) is 2.52. The Kier molecular flexibility index (Phi) is 5.42. The number of benzene rings is 3. The minimum absolute atomic E-state index is 0.197. The molecular weight excluding hydrogens is 472 g/mol. The van der Waals surface area contributed by atoms with Gasteiger partial charge in [0.1, 0.15) is 6.54 Å². The first-order valence-electron chi connectivity index (χ1n) is 8.76. The summed E-state index contributed by atoms with van der Waals surface area (Å²) in [5, 5.41) is 2.80. The van der Waals surface area contributed by atoms with E-state index in [2.05, 4.69) is 21.2 Å². The monoisotopic (exact) mass is 488 g/mol. The van der Waals surface area contributed by atoms with E-state index in [1.54, 1.807) is 54.2 Å². The number of carbonyl (C=O) groups is 1. The molecule has 0 fully saturated rings. The predicted molar refractivity (Wildman–Crippen MR) is 121 cm³/mol. The average molecular weight is 489 g/mol. The van der Waals surface area contributed by atoms with E-state index in [9.17, 15) is 13.2 Å². The molecule has 3 aromatic rings. The molecular formula is C21H17BrN2O3S2. The molecule has 1 aliphatic heterocycles. The van der Waals surface area contributed by atoms with Gasteiger partial charge in [0.2, 0.25) is 5.91 Å². The highest BCUT2D eigenvalue weighted by Gasteiger charge is 2.35. The summed E-state index contributed by atoms with van der Waals surface area (Å²) in [5.74, 6) is -0.403. The van der Waals surface area contributed by atoms with E-state index < -0.39 is 15.9 Å². The van der Waals surface area contributed by atoms with Crippen molar-refractivity contribution < 1.29 is 13.2 Å². The Labute approximate surface area is 182 Å². The molecule has 1 aliphatic rings. The van der Waals surface area contributed by atoms with Gasteiger partial charge in [-0.3, -0.25) is 9.10 Å². The zero-order valence-electron chi connectivity index (χ0n) is 15.4. The Balaban J connectivity index is 1.71. The third-order valence-electron chi connectivity index (χ3n) is 4.61. The molecule has 0 saturated heterocycles. The molecule has 0 aromatic heterocycles. The topological polar surface area (TPSA) is 66.5 Å². The van der Waals surface area contributed by atoms with Crippen LogP contribution in [0.2, 0.25) is 0 Å². The minimum atomic E-state index is -3.86. The second kappa shape index (κ2) is 7.85. The third kappa shape index (κ3) is 3.80. The number of hydrogen-bond acceptors (Lipinski definition) is 4. The summed E-state index contributed by atoms with van der Waals surface area (Å²) in [6, 6.07) is 19.6. The Morgan fingerprint density at radius 1 is 1.03 bits per heavy atom. The number of sulfonamides is 1. The minimum Gasteiger partial charge on any atom is -0.324 e. The van der Waals surface area contributed by atoms with Gasteiger partial charge in [0.05, 0.1) is 10.6 Å². The van der Waals surface area contributed by atoms with Gasteiger partial charge in [-0.2, -0.15) is 0 Å². The van der Waals surface area contributed by atoms with Gasteiger partial charge in [-0.1, -0.05) is 40.2 Å². The Morgan fingerprint density at radius 3 is 2.62 bits per heavy atom. The second-order valence-corrected chi connectivity index (χ2v) is 10.1. The fourth-order valence-electron chi connectivity index (χ4n) is 3.31. The molecule has 5 nitrogen and oxygen atoms in total. The summed E-state index contributed by atoms with van der Waals surface area (Å²) < 4.78 is 28.6. The highest BCUT2D eigenvalue weighted by molar-refractivity contribution is 9.10. The molecule has 8 heteroatoms. The molecule has 0 saturated carbocycles. The number of rotatable bonds is 4.